The third-order valence-electron chi connectivity index (χ3n) is 3.74. The summed E-state index contributed by atoms with van der Waals surface area (Å²) in [6, 6.07) is 4.26. The van der Waals surface area contributed by atoms with E-state index in [1.807, 2.05) is 0 Å². The summed E-state index contributed by atoms with van der Waals surface area (Å²) in [6.07, 6.45) is 2.11. The first-order valence-electron chi connectivity index (χ1n) is 6.61. The second kappa shape index (κ2) is 5.82. The van der Waals surface area contributed by atoms with E-state index in [1.54, 1.807) is 30.0 Å². The molecule has 1 aromatic rings. The van der Waals surface area contributed by atoms with Crippen LogP contribution in [-0.2, 0) is 4.79 Å². The van der Waals surface area contributed by atoms with Crippen molar-refractivity contribution in [1.29, 1.82) is 0 Å². The van der Waals surface area contributed by atoms with Crippen LogP contribution in [0, 0.1) is 5.92 Å². The van der Waals surface area contributed by atoms with E-state index in [0.29, 0.717) is 22.3 Å². The normalized spacial score (nSPS) is 25.1. The fourth-order valence-corrected chi connectivity index (χ4v) is 4.91. The van der Waals surface area contributed by atoms with E-state index < -0.39 is 12.0 Å². The number of carbonyl (C=O) groups is 2. The highest BCUT2D eigenvalue weighted by molar-refractivity contribution is 9.10. The molecule has 0 bridgehead atoms. The molecule has 7 heteroatoms. The molecular formula is C14H13BrClNO3S. The minimum Gasteiger partial charge on any atom is -0.480 e. The molecule has 0 spiro atoms. The number of carbonyl (C=O) groups excluding carboxylic acids is 1. The van der Waals surface area contributed by atoms with E-state index in [1.165, 1.54) is 4.90 Å². The average molecular weight is 391 g/mol. The molecule has 1 heterocycles. The summed E-state index contributed by atoms with van der Waals surface area (Å²) in [6.45, 7) is 0. The Kier molecular flexibility index (Phi) is 4.21. The Labute approximate surface area is 140 Å². The standard InChI is InChI=1S/C14H13BrClNO3S/c15-8-3-4-9(10(16)5-8)12(18)17-11(14(19)20)6-21-13(17)7-1-2-7/h3-5,7,11,13H,1-2,6H2,(H,19,20). The molecule has 1 saturated carbocycles. The first-order valence-corrected chi connectivity index (χ1v) is 8.83. The first kappa shape index (κ1) is 15.2. The Morgan fingerprint density at radius 3 is 2.67 bits per heavy atom. The minimum atomic E-state index is -0.952. The highest BCUT2D eigenvalue weighted by Crippen LogP contribution is 2.46. The van der Waals surface area contributed by atoms with Crippen LogP contribution in [0.2, 0.25) is 5.02 Å². The molecule has 4 nitrogen and oxygen atoms in total. The Bertz CT molecular complexity index is 608. The Morgan fingerprint density at radius 1 is 1.38 bits per heavy atom. The lowest BCUT2D eigenvalue weighted by molar-refractivity contribution is -0.141. The number of hydrogen-bond donors (Lipinski definition) is 1. The van der Waals surface area contributed by atoms with Crippen LogP contribution in [-0.4, -0.2) is 39.1 Å². The van der Waals surface area contributed by atoms with Crippen LogP contribution in [0.4, 0.5) is 0 Å². The van der Waals surface area contributed by atoms with Gasteiger partial charge >= 0.3 is 5.97 Å². The van der Waals surface area contributed by atoms with Gasteiger partial charge in [-0.15, -0.1) is 11.8 Å². The van der Waals surface area contributed by atoms with Crippen LogP contribution in [0.15, 0.2) is 22.7 Å². The fourth-order valence-electron chi connectivity index (χ4n) is 2.52. The van der Waals surface area contributed by atoms with Gasteiger partial charge in [-0.25, -0.2) is 4.79 Å². The lowest BCUT2D eigenvalue weighted by Crippen LogP contribution is -2.46. The summed E-state index contributed by atoms with van der Waals surface area (Å²) in [7, 11) is 0. The molecule has 1 aliphatic carbocycles. The zero-order valence-corrected chi connectivity index (χ0v) is 14.1. The number of thioether (sulfide) groups is 1. The predicted octanol–water partition coefficient (Wildman–Crippen LogP) is 3.48. The van der Waals surface area contributed by atoms with Gasteiger partial charge in [-0.05, 0) is 37.0 Å². The topological polar surface area (TPSA) is 57.6 Å². The monoisotopic (exact) mass is 389 g/mol. The van der Waals surface area contributed by atoms with Gasteiger partial charge in [-0.1, -0.05) is 27.5 Å². The van der Waals surface area contributed by atoms with Crippen LogP contribution in [0.3, 0.4) is 0 Å². The number of halogens is 2. The van der Waals surface area contributed by atoms with Gasteiger partial charge in [0.05, 0.1) is 16.0 Å². The molecule has 2 fully saturated rings. The van der Waals surface area contributed by atoms with Crippen LogP contribution in [0.1, 0.15) is 23.2 Å². The lowest BCUT2D eigenvalue weighted by Gasteiger charge is -2.27. The number of nitrogens with zero attached hydrogens (tertiary/aromatic N) is 1. The number of carboxylic acid groups (broad SMARTS) is 1. The first-order chi connectivity index (χ1) is 9.99. The smallest absolute Gasteiger partial charge is 0.327 e. The quantitative estimate of drug-likeness (QED) is 0.858. The van der Waals surface area contributed by atoms with Crippen LogP contribution >= 0.6 is 39.3 Å². The molecule has 0 aromatic heterocycles. The maximum atomic E-state index is 12.8. The molecule has 3 rings (SSSR count). The lowest BCUT2D eigenvalue weighted by atomic mass is 10.1. The van der Waals surface area contributed by atoms with Crippen LogP contribution in [0.5, 0.6) is 0 Å². The molecule has 1 saturated heterocycles. The summed E-state index contributed by atoms with van der Waals surface area (Å²) in [4.78, 5) is 25.7. The molecule has 2 atom stereocenters. The van der Waals surface area contributed by atoms with Crippen molar-refractivity contribution in [3.05, 3.63) is 33.3 Å². The summed E-state index contributed by atoms with van der Waals surface area (Å²) < 4.78 is 0.786. The van der Waals surface area contributed by atoms with Crippen molar-refractivity contribution in [1.82, 2.24) is 4.90 Å². The van der Waals surface area contributed by atoms with E-state index in [9.17, 15) is 14.7 Å². The fraction of sp³-hybridized carbons (Fsp3) is 0.429. The second-order valence-corrected chi connectivity index (χ2v) is 7.72. The zero-order valence-electron chi connectivity index (χ0n) is 11.0. The maximum Gasteiger partial charge on any atom is 0.327 e. The molecule has 1 aliphatic heterocycles. The summed E-state index contributed by atoms with van der Waals surface area (Å²) in [5.41, 5.74) is 0.360. The maximum absolute atomic E-state index is 12.8. The van der Waals surface area contributed by atoms with E-state index in [4.69, 9.17) is 11.6 Å². The number of rotatable bonds is 3. The number of hydrogen-bond acceptors (Lipinski definition) is 3. The van der Waals surface area contributed by atoms with Crippen molar-refractivity contribution >= 4 is 51.2 Å². The number of benzene rings is 1. The largest absolute Gasteiger partial charge is 0.480 e. The number of amides is 1. The van der Waals surface area contributed by atoms with Crippen molar-refractivity contribution in [2.45, 2.75) is 24.3 Å². The molecule has 1 aromatic carbocycles. The molecule has 2 unspecified atom stereocenters. The van der Waals surface area contributed by atoms with Gasteiger partial charge in [-0.2, -0.15) is 0 Å². The second-order valence-electron chi connectivity index (χ2n) is 5.25. The molecule has 1 N–H and O–H groups in total. The van der Waals surface area contributed by atoms with E-state index in [0.717, 1.165) is 17.3 Å². The van der Waals surface area contributed by atoms with Gasteiger partial charge in [0.25, 0.3) is 5.91 Å². The number of carboxylic acids is 1. The Morgan fingerprint density at radius 2 is 2.10 bits per heavy atom. The Balaban J connectivity index is 1.93. The predicted molar refractivity (Wildman–Crippen MR) is 85.7 cm³/mol. The Hall–Kier alpha value is -0.720. The SMILES string of the molecule is O=C(O)C1CSC(C2CC2)N1C(=O)c1ccc(Br)cc1Cl. The summed E-state index contributed by atoms with van der Waals surface area (Å²) in [5, 5.41) is 9.66. The number of aliphatic carboxylic acids is 1. The van der Waals surface area contributed by atoms with E-state index >= 15 is 0 Å². The van der Waals surface area contributed by atoms with Crippen molar-refractivity contribution in [3.8, 4) is 0 Å². The highest BCUT2D eigenvalue weighted by atomic mass is 79.9. The molecule has 1 amide bonds. The van der Waals surface area contributed by atoms with Gasteiger partial charge in [0.15, 0.2) is 0 Å². The minimum absolute atomic E-state index is 0.0432. The van der Waals surface area contributed by atoms with Gasteiger partial charge in [-0.3, -0.25) is 4.79 Å². The molecule has 2 aliphatic rings. The molecule has 0 radical (unpaired) electrons. The summed E-state index contributed by atoms with van der Waals surface area (Å²) >= 11 is 11.0. The van der Waals surface area contributed by atoms with Crippen LogP contribution in [0.25, 0.3) is 0 Å². The van der Waals surface area contributed by atoms with Crippen molar-refractivity contribution in [2.24, 2.45) is 5.92 Å². The highest BCUT2D eigenvalue weighted by Gasteiger charge is 2.48. The van der Waals surface area contributed by atoms with Crippen molar-refractivity contribution in [3.63, 3.8) is 0 Å². The average Bonchev–Trinajstić information content (AvgIpc) is 3.16. The molecular weight excluding hydrogens is 378 g/mol. The summed E-state index contributed by atoms with van der Waals surface area (Å²) in [5.74, 6) is -0.386. The third kappa shape index (κ3) is 2.94. The molecule has 21 heavy (non-hydrogen) atoms. The van der Waals surface area contributed by atoms with Gasteiger partial charge in [0.1, 0.15) is 6.04 Å². The van der Waals surface area contributed by atoms with Crippen molar-refractivity contribution < 1.29 is 14.7 Å². The third-order valence-corrected chi connectivity index (χ3v) is 6.01. The van der Waals surface area contributed by atoms with E-state index in [2.05, 4.69) is 15.9 Å². The van der Waals surface area contributed by atoms with Crippen LogP contribution < -0.4 is 0 Å². The van der Waals surface area contributed by atoms with Gasteiger partial charge < -0.3 is 10.0 Å². The van der Waals surface area contributed by atoms with E-state index in [-0.39, 0.29) is 11.3 Å². The zero-order chi connectivity index (χ0) is 15.1. The van der Waals surface area contributed by atoms with Gasteiger partial charge in [0.2, 0.25) is 0 Å². The van der Waals surface area contributed by atoms with Crippen molar-refractivity contribution in [2.75, 3.05) is 5.75 Å². The van der Waals surface area contributed by atoms with Gasteiger partial charge in [0, 0.05) is 10.2 Å². The molecule has 112 valence electrons.